The monoisotopic (exact) mass is 271 g/mol. The van der Waals surface area contributed by atoms with Gasteiger partial charge in [0.25, 0.3) is 0 Å². The van der Waals surface area contributed by atoms with Crippen LogP contribution in [0, 0.1) is 0 Å². The molecule has 0 aliphatic heterocycles. The summed E-state index contributed by atoms with van der Waals surface area (Å²) >= 11 is 3.45. The second-order valence-electron chi connectivity index (χ2n) is 3.67. The molecule has 84 valence electrons. The van der Waals surface area contributed by atoms with E-state index >= 15 is 0 Å². The topological polar surface area (TPSA) is 46.2 Å². The molecule has 0 radical (unpaired) electrons. The summed E-state index contributed by atoms with van der Waals surface area (Å²) < 4.78 is 0.984. The molecule has 3 N–H and O–H groups in total. The molecule has 0 amide bonds. The van der Waals surface area contributed by atoms with Gasteiger partial charge in [0, 0.05) is 11.0 Å². The molecule has 0 spiro atoms. The lowest BCUT2D eigenvalue weighted by molar-refractivity contribution is 0.163. The van der Waals surface area contributed by atoms with Crippen LogP contribution in [0.1, 0.15) is 43.4 Å². The van der Waals surface area contributed by atoms with Crippen molar-refractivity contribution in [3.63, 3.8) is 0 Å². The highest BCUT2D eigenvalue weighted by molar-refractivity contribution is 9.10. The van der Waals surface area contributed by atoms with Crippen molar-refractivity contribution >= 4 is 15.9 Å². The van der Waals surface area contributed by atoms with E-state index in [1.165, 1.54) is 0 Å². The summed E-state index contributed by atoms with van der Waals surface area (Å²) in [6, 6.07) is 5.85. The Labute approximate surface area is 99.6 Å². The highest BCUT2D eigenvalue weighted by Gasteiger charge is 2.12. The standard InChI is InChI=1S/C12H18BrNO/c1-2-3-7-12(15)9-5-4-6-11(13)10(9)8-14/h4-6,12,15H,2-3,7-8,14H2,1H3. The summed E-state index contributed by atoms with van der Waals surface area (Å²) in [5.74, 6) is 0. The van der Waals surface area contributed by atoms with Crippen molar-refractivity contribution in [2.24, 2.45) is 5.73 Å². The fraction of sp³-hybridized carbons (Fsp3) is 0.500. The molecule has 0 bridgehead atoms. The van der Waals surface area contributed by atoms with Crippen LogP contribution in [0.25, 0.3) is 0 Å². The van der Waals surface area contributed by atoms with E-state index in [2.05, 4.69) is 22.9 Å². The van der Waals surface area contributed by atoms with Gasteiger partial charge in [-0.1, -0.05) is 47.8 Å². The Kier molecular flexibility index (Phi) is 5.29. The van der Waals surface area contributed by atoms with Crippen LogP contribution in [0.5, 0.6) is 0 Å². The van der Waals surface area contributed by atoms with Gasteiger partial charge in [-0.15, -0.1) is 0 Å². The van der Waals surface area contributed by atoms with Crippen molar-refractivity contribution in [3.8, 4) is 0 Å². The number of rotatable bonds is 5. The van der Waals surface area contributed by atoms with E-state index in [9.17, 15) is 5.11 Å². The highest BCUT2D eigenvalue weighted by atomic mass is 79.9. The zero-order chi connectivity index (χ0) is 11.3. The van der Waals surface area contributed by atoms with Gasteiger partial charge in [0.05, 0.1) is 6.10 Å². The van der Waals surface area contributed by atoms with Crippen molar-refractivity contribution < 1.29 is 5.11 Å². The third-order valence-electron chi connectivity index (χ3n) is 2.55. The maximum atomic E-state index is 10.0. The molecule has 0 saturated carbocycles. The summed E-state index contributed by atoms with van der Waals surface area (Å²) in [6.45, 7) is 2.58. The largest absolute Gasteiger partial charge is 0.388 e. The van der Waals surface area contributed by atoms with Gasteiger partial charge in [-0.25, -0.2) is 0 Å². The summed E-state index contributed by atoms with van der Waals surface area (Å²) in [5.41, 5.74) is 7.65. The Morgan fingerprint density at radius 3 is 2.80 bits per heavy atom. The van der Waals surface area contributed by atoms with Gasteiger partial charge in [-0.2, -0.15) is 0 Å². The van der Waals surface area contributed by atoms with Gasteiger partial charge in [-0.05, 0) is 23.6 Å². The average molecular weight is 272 g/mol. The summed E-state index contributed by atoms with van der Waals surface area (Å²) in [4.78, 5) is 0. The zero-order valence-electron chi connectivity index (χ0n) is 9.04. The first-order chi connectivity index (χ1) is 7.20. The fourth-order valence-electron chi connectivity index (χ4n) is 1.66. The van der Waals surface area contributed by atoms with E-state index in [-0.39, 0.29) is 6.10 Å². The van der Waals surface area contributed by atoms with Crippen LogP contribution in [-0.4, -0.2) is 5.11 Å². The van der Waals surface area contributed by atoms with Crippen LogP contribution in [0.3, 0.4) is 0 Å². The number of aliphatic hydroxyl groups is 1. The lowest BCUT2D eigenvalue weighted by atomic mass is 9.99. The molecule has 0 aliphatic carbocycles. The molecule has 1 unspecified atom stereocenters. The maximum absolute atomic E-state index is 10.0. The van der Waals surface area contributed by atoms with E-state index < -0.39 is 0 Å². The molecular weight excluding hydrogens is 254 g/mol. The molecule has 3 heteroatoms. The lowest BCUT2D eigenvalue weighted by Gasteiger charge is -2.15. The second kappa shape index (κ2) is 6.26. The van der Waals surface area contributed by atoms with Crippen molar-refractivity contribution in [1.29, 1.82) is 0 Å². The number of unbranched alkanes of at least 4 members (excludes halogenated alkanes) is 1. The van der Waals surface area contributed by atoms with Crippen LogP contribution in [0.4, 0.5) is 0 Å². The van der Waals surface area contributed by atoms with Gasteiger partial charge in [0.15, 0.2) is 0 Å². The first-order valence-corrected chi connectivity index (χ1v) is 6.15. The summed E-state index contributed by atoms with van der Waals surface area (Å²) in [6.07, 6.45) is 2.56. The van der Waals surface area contributed by atoms with Crippen molar-refractivity contribution in [3.05, 3.63) is 33.8 Å². The Hall–Kier alpha value is -0.380. The Bertz CT molecular complexity index is 314. The number of hydrogen-bond donors (Lipinski definition) is 2. The SMILES string of the molecule is CCCCC(O)c1cccc(Br)c1CN. The smallest absolute Gasteiger partial charge is 0.0793 e. The van der Waals surface area contributed by atoms with E-state index in [0.717, 1.165) is 34.9 Å². The van der Waals surface area contributed by atoms with Crippen LogP contribution in [-0.2, 0) is 6.54 Å². The van der Waals surface area contributed by atoms with E-state index in [1.54, 1.807) is 0 Å². The normalized spacial score (nSPS) is 12.8. The van der Waals surface area contributed by atoms with E-state index in [1.807, 2.05) is 18.2 Å². The van der Waals surface area contributed by atoms with Gasteiger partial charge in [0.2, 0.25) is 0 Å². The van der Waals surface area contributed by atoms with E-state index in [0.29, 0.717) is 6.54 Å². The third-order valence-corrected chi connectivity index (χ3v) is 3.29. The van der Waals surface area contributed by atoms with Crippen LogP contribution < -0.4 is 5.73 Å². The molecule has 1 aromatic rings. The average Bonchev–Trinajstić information content (AvgIpc) is 2.25. The quantitative estimate of drug-likeness (QED) is 0.865. The van der Waals surface area contributed by atoms with Gasteiger partial charge in [-0.3, -0.25) is 0 Å². The van der Waals surface area contributed by atoms with Crippen LogP contribution in [0.15, 0.2) is 22.7 Å². The predicted octanol–water partition coefficient (Wildman–Crippen LogP) is 3.13. The predicted molar refractivity (Wildman–Crippen MR) is 66.5 cm³/mol. The Morgan fingerprint density at radius 2 is 2.20 bits per heavy atom. The minimum atomic E-state index is -0.388. The fourth-order valence-corrected chi connectivity index (χ4v) is 2.20. The molecule has 1 atom stereocenters. The summed E-state index contributed by atoms with van der Waals surface area (Å²) in [7, 11) is 0. The molecule has 0 fully saturated rings. The summed E-state index contributed by atoms with van der Waals surface area (Å²) in [5, 5.41) is 10.0. The molecule has 2 nitrogen and oxygen atoms in total. The number of halogens is 1. The lowest BCUT2D eigenvalue weighted by Crippen LogP contribution is -2.07. The third kappa shape index (κ3) is 3.30. The first-order valence-electron chi connectivity index (χ1n) is 5.36. The molecular formula is C12H18BrNO. The minimum absolute atomic E-state index is 0.388. The molecule has 0 aliphatic rings. The Morgan fingerprint density at radius 1 is 1.47 bits per heavy atom. The van der Waals surface area contributed by atoms with Gasteiger partial charge >= 0.3 is 0 Å². The van der Waals surface area contributed by atoms with Crippen molar-refractivity contribution in [1.82, 2.24) is 0 Å². The van der Waals surface area contributed by atoms with E-state index in [4.69, 9.17) is 5.73 Å². The molecule has 1 rings (SSSR count). The molecule has 0 saturated heterocycles. The second-order valence-corrected chi connectivity index (χ2v) is 4.52. The molecule has 15 heavy (non-hydrogen) atoms. The van der Waals surface area contributed by atoms with Crippen LogP contribution in [0.2, 0.25) is 0 Å². The maximum Gasteiger partial charge on any atom is 0.0793 e. The molecule has 0 aromatic heterocycles. The number of nitrogens with two attached hydrogens (primary N) is 1. The number of benzene rings is 1. The van der Waals surface area contributed by atoms with Crippen LogP contribution >= 0.6 is 15.9 Å². The Balaban J connectivity index is 2.87. The minimum Gasteiger partial charge on any atom is -0.388 e. The molecule has 1 aromatic carbocycles. The molecule has 0 heterocycles. The first kappa shape index (κ1) is 12.7. The van der Waals surface area contributed by atoms with Gasteiger partial charge in [0.1, 0.15) is 0 Å². The highest BCUT2D eigenvalue weighted by Crippen LogP contribution is 2.27. The van der Waals surface area contributed by atoms with Crippen molar-refractivity contribution in [2.45, 2.75) is 38.8 Å². The van der Waals surface area contributed by atoms with Crippen molar-refractivity contribution in [2.75, 3.05) is 0 Å². The zero-order valence-corrected chi connectivity index (χ0v) is 10.6. The number of hydrogen-bond acceptors (Lipinski definition) is 2. The van der Waals surface area contributed by atoms with Gasteiger partial charge < -0.3 is 10.8 Å². The number of aliphatic hydroxyl groups excluding tert-OH is 1.